The Morgan fingerprint density at radius 1 is 1.37 bits per heavy atom. The van der Waals surface area contributed by atoms with Gasteiger partial charge in [-0.15, -0.1) is 0 Å². The molecule has 0 amide bonds. The molecular weight excluding hydrogens is 248 g/mol. The SMILES string of the molecule is CCOC(=O)c1coc(C=CC(=O)OC(C)(C)C)c1. The first kappa shape index (κ1) is 15.0. The maximum absolute atomic E-state index is 11.4. The Hall–Kier alpha value is -2.04. The minimum Gasteiger partial charge on any atom is -0.464 e. The van der Waals surface area contributed by atoms with Crippen molar-refractivity contribution >= 4 is 18.0 Å². The number of ether oxygens (including phenoxy) is 2. The smallest absolute Gasteiger partial charge is 0.341 e. The molecule has 0 aliphatic heterocycles. The van der Waals surface area contributed by atoms with Gasteiger partial charge in [-0.25, -0.2) is 9.59 Å². The summed E-state index contributed by atoms with van der Waals surface area (Å²) < 4.78 is 15.0. The standard InChI is InChI=1S/C14H18O5/c1-5-17-13(16)10-8-11(18-9-10)6-7-12(15)19-14(2,3)4/h6-9H,5H2,1-4H3. The van der Waals surface area contributed by atoms with E-state index < -0.39 is 17.5 Å². The van der Waals surface area contributed by atoms with Crippen LogP contribution in [0.5, 0.6) is 0 Å². The molecule has 1 rings (SSSR count). The summed E-state index contributed by atoms with van der Waals surface area (Å²) in [5, 5.41) is 0. The van der Waals surface area contributed by atoms with Crippen molar-refractivity contribution in [1.82, 2.24) is 0 Å². The molecule has 5 heteroatoms. The molecule has 0 N–H and O–H groups in total. The highest BCUT2D eigenvalue weighted by Gasteiger charge is 2.14. The normalized spacial score (nSPS) is 11.6. The predicted octanol–water partition coefficient (Wildman–Crippen LogP) is 2.81. The van der Waals surface area contributed by atoms with Crippen molar-refractivity contribution in [2.75, 3.05) is 6.61 Å². The fourth-order valence-corrected chi connectivity index (χ4v) is 1.25. The van der Waals surface area contributed by atoms with Gasteiger partial charge in [0.15, 0.2) is 0 Å². The highest BCUT2D eigenvalue weighted by Crippen LogP contribution is 2.12. The Labute approximate surface area is 112 Å². The minimum atomic E-state index is -0.541. The third-order valence-corrected chi connectivity index (χ3v) is 1.92. The number of furan rings is 1. The Morgan fingerprint density at radius 3 is 2.63 bits per heavy atom. The molecule has 0 aliphatic carbocycles. The quantitative estimate of drug-likeness (QED) is 0.619. The Bertz CT molecular complexity index is 476. The van der Waals surface area contributed by atoms with Crippen LogP contribution in [0.25, 0.3) is 6.08 Å². The van der Waals surface area contributed by atoms with Crippen LogP contribution in [-0.4, -0.2) is 24.1 Å². The van der Waals surface area contributed by atoms with Crippen LogP contribution in [0, 0.1) is 0 Å². The Kier molecular flexibility index (Phi) is 4.92. The number of rotatable bonds is 4. The molecule has 0 atom stereocenters. The number of hydrogen-bond donors (Lipinski definition) is 0. The van der Waals surface area contributed by atoms with Gasteiger partial charge in [-0.2, -0.15) is 0 Å². The third kappa shape index (κ3) is 5.42. The molecule has 0 saturated carbocycles. The van der Waals surface area contributed by atoms with E-state index >= 15 is 0 Å². The lowest BCUT2D eigenvalue weighted by Gasteiger charge is -2.17. The third-order valence-electron chi connectivity index (χ3n) is 1.92. The maximum Gasteiger partial charge on any atom is 0.341 e. The average Bonchev–Trinajstić information content (AvgIpc) is 2.73. The molecule has 19 heavy (non-hydrogen) atoms. The number of hydrogen-bond acceptors (Lipinski definition) is 5. The summed E-state index contributed by atoms with van der Waals surface area (Å²) in [6.45, 7) is 7.37. The van der Waals surface area contributed by atoms with Crippen LogP contribution in [0.2, 0.25) is 0 Å². The van der Waals surface area contributed by atoms with Gasteiger partial charge in [0.25, 0.3) is 0 Å². The van der Waals surface area contributed by atoms with Crippen LogP contribution in [0.3, 0.4) is 0 Å². The monoisotopic (exact) mass is 266 g/mol. The Balaban J connectivity index is 2.63. The summed E-state index contributed by atoms with van der Waals surface area (Å²) in [5.74, 6) is -0.543. The molecule has 104 valence electrons. The summed E-state index contributed by atoms with van der Waals surface area (Å²) in [6.07, 6.45) is 3.97. The second kappa shape index (κ2) is 6.22. The van der Waals surface area contributed by atoms with Crippen molar-refractivity contribution in [2.24, 2.45) is 0 Å². The zero-order chi connectivity index (χ0) is 14.5. The molecule has 1 aromatic rings. The van der Waals surface area contributed by atoms with Crippen LogP contribution in [0.1, 0.15) is 43.8 Å². The van der Waals surface area contributed by atoms with Crippen molar-refractivity contribution in [1.29, 1.82) is 0 Å². The van der Waals surface area contributed by atoms with E-state index in [1.54, 1.807) is 27.7 Å². The van der Waals surface area contributed by atoms with Crippen molar-refractivity contribution < 1.29 is 23.5 Å². The van der Waals surface area contributed by atoms with Gasteiger partial charge in [0.1, 0.15) is 17.6 Å². The molecule has 1 aromatic heterocycles. The van der Waals surface area contributed by atoms with E-state index in [2.05, 4.69) is 0 Å². The van der Waals surface area contributed by atoms with Gasteiger partial charge in [-0.05, 0) is 39.8 Å². The van der Waals surface area contributed by atoms with Crippen molar-refractivity contribution in [2.45, 2.75) is 33.3 Å². The van der Waals surface area contributed by atoms with Crippen LogP contribution in [0.4, 0.5) is 0 Å². The van der Waals surface area contributed by atoms with Gasteiger partial charge in [-0.1, -0.05) is 0 Å². The van der Waals surface area contributed by atoms with E-state index in [0.717, 1.165) is 0 Å². The van der Waals surface area contributed by atoms with Crippen molar-refractivity contribution in [3.63, 3.8) is 0 Å². The lowest BCUT2D eigenvalue weighted by atomic mass is 10.2. The lowest BCUT2D eigenvalue weighted by Crippen LogP contribution is -2.22. The van der Waals surface area contributed by atoms with E-state index in [-0.39, 0.29) is 0 Å². The zero-order valence-electron chi connectivity index (χ0n) is 11.6. The van der Waals surface area contributed by atoms with Gasteiger partial charge in [0, 0.05) is 6.08 Å². The first-order chi connectivity index (χ1) is 8.81. The van der Waals surface area contributed by atoms with Gasteiger partial charge >= 0.3 is 11.9 Å². The maximum atomic E-state index is 11.4. The summed E-state index contributed by atoms with van der Waals surface area (Å²) in [7, 11) is 0. The molecule has 0 unspecified atom stereocenters. The van der Waals surface area contributed by atoms with Crippen molar-refractivity contribution in [3.05, 3.63) is 29.7 Å². The van der Waals surface area contributed by atoms with Gasteiger partial charge in [0.05, 0.1) is 12.2 Å². The van der Waals surface area contributed by atoms with Gasteiger partial charge in [-0.3, -0.25) is 0 Å². The van der Waals surface area contributed by atoms with E-state index in [1.807, 2.05) is 0 Å². The molecule has 0 bridgehead atoms. The van der Waals surface area contributed by atoms with E-state index in [9.17, 15) is 9.59 Å². The lowest BCUT2D eigenvalue weighted by molar-refractivity contribution is -0.148. The molecule has 0 saturated heterocycles. The molecule has 5 nitrogen and oxygen atoms in total. The van der Waals surface area contributed by atoms with E-state index in [0.29, 0.717) is 17.9 Å². The first-order valence-corrected chi connectivity index (χ1v) is 5.98. The van der Waals surface area contributed by atoms with Crippen LogP contribution < -0.4 is 0 Å². The van der Waals surface area contributed by atoms with Crippen molar-refractivity contribution in [3.8, 4) is 0 Å². The highest BCUT2D eigenvalue weighted by molar-refractivity contribution is 5.90. The van der Waals surface area contributed by atoms with Crippen LogP contribution in [-0.2, 0) is 14.3 Å². The summed E-state index contributed by atoms with van der Waals surface area (Å²) in [5.41, 5.74) is -0.230. The van der Waals surface area contributed by atoms with Gasteiger partial charge in [0.2, 0.25) is 0 Å². The zero-order valence-corrected chi connectivity index (χ0v) is 11.6. The molecule has 0 radical (unpaired) electrons. The second-order valence-corrected chi connectivity index (χ2v) is 4.83. The molecular formula is C14H18O5. The fourth-order valence-electron chi connectivity index (χ4n) is 1.25. The van der Waals surface area contributed by atoms with Gasteiger partial charge < -0.3 is 13.9 Å². The first-order valence-electron chi connectivity index (χ1n) is 5.98. The number of carbonyl (C=O) groups excluding carboxylic acids is 2. The van der Waals surface area contributed by atoms with E-state index in [4.69, 9.17) is 13.9 Å². The predicted molar refractivity (Wildman–Crippen MR) is 69.5 cm³/mol. The summed E-state index contributed by atoms with van der Waals surface area (Å²) >= 11 is 0. The number of carbonyl (C=O) groups is 2. The van der Waals surface area contributed by atoms with Crippen LogP contribution >= 0.6 is 0 Å². The second-order valence-electron chi connectivity index (χ2n) is 4.83. The number of esters is 2. The fraction of sp³-hybridized carbons (Fsp3) is 0.429. The molecule has 0 fully saturated rings. The van der Waals surface area contributed by atoms with Crippen LogP contribution in [0.15, 0.2) is 22.8 Å². The highest BCUT2D eigenvalue weighted by atomic mass is 16.6. The molecule has 0 aromatic carbocycles. The molecule has 0 aliphatic rings. The molecule has 0 spiro atoms. The van der Waals surface area contributed by atoms with E-state index in [1.165, 1.54) is 24.5 Å². The summed E-state index contributed by atoms with van der Waals surface area (Å²) in [6, 6.07) is 1.50. The minimum absolute atomic E-state index is 0.299. The largest absolute Gasteiger partial charge is 0.464 e. The topological polar surface area (TPSA) is 65.7 Å². The molecule has 1 heterocycles. The Morgan fingerprint density at radius 2 is 2.05 bits per heavy atom. The average molecular weight is 266 g/mol. The summed E-state index contributed by atoms with van der Waals surface area (Å²) in [4.78, 5) is 22.8.